The smallest absolute Gasteiger partial charge is 0.122 e. The maximum Gasteiger partial charge on any atom is 0.122 e. The lowest BCUT2D eigenvalue weighted by molar-refractivity contribution is 0.406. The van der Waals surface area contributed by atoms with Crippen molar-refractivity contribution in [1.82, 2.24) is 0 Å². The molecule has 2 N–H and O–H groups in total. The molecule has 0 fully saturated rings. The van der Waals surface area contributed by atoms with Crippen molar-refractivity contribution in [3.8, 4) is 23.0 Å². The molecule has 0 aliphatic rings. The highest BCUT2D eigenvalue weighted by molar-refractivity contribution is 5.41. The number of rotatable bonds is 6. The minimum absolute atomic E-state index is 0.244. The van der Waals surface area contributed by atoms with E-state index in [9.17, 15) is 10.2 Å². The van der Waals surface area contributed by atoms with Gasteiger partial charge in [0, 0.05) is 12.1 Å². The fourth-order valence-corrected chi connectivity index (χ4v) is 2.23. The molecule has 2 aromatic carbocycles. The third kappa shape index (κ3) is 3.81. The Balaban J connectivity index is 1.95. The minimum atomic E-state index is 0.244. The molecule has 0 amide bonds. The summed E-state index contributed by atoms with van der Waals surface area (Å²) in [6.45, 7) is 0. The highest BCUT2D eigenvalue weighted by Gasteiger charge is 2.06. The van der Waals surface area contributed by atoms with E-state index >= 15 is 0 Å². The summed E-state index contributed by atoms with van der Waals surface area (Å²) < 4.78 is 10.1. The van der Waals surface area contributed by atoms with Crippen LogP contribution in [0.25, 0.3) is 0 Å². The zero-order chi connectivity index (χ0) is 15.2. The van der Waals surface area contributed by atoms with Gasteiger partial charge in [0.15, 0.2) is 0 Å². The van der Waals surface area contributed by atoms with E-state index in [1.165, 1.54) is 0 Å². The molecule has 2 rings (SSSR count). The number of aromatic hydroxyl groups is 2. The van der Waals surface area contributed by atoms with Gasteiger partial charge in [-0.15, -0.1) is 0 Å². The molecular formula is C17H20O4. The van der Waals surface area contributed by atoms with E-state index in [1.807, 2.05) is 24.3 Å². The lowest BCUT2D eigenvalue weighted by atomic mass is 10.0. The summed E-state index contributed by atoms with van der Waals surface area (Å²) in [7, 11) is 3.14. The Labute approximate surface area is 124 Å². The molecule has 0 saturated heterocycles. The number of aryl methyl sites for hydroxylation is 2. The van der Waals surface area contributed by atoms with Crippen LogP contribution in [-0.4, -0.2) is 24.4 Å². The van der Waals surface area contributed by atoms with Gasteiger partial charge in [-0.1, -0.05) is 12.1 Å². The van der Waals surface area contributed by atoms with Crippen molar-refractivity contribution in [3.63, 3.8) is 0 Å². The summed E-state index contributed by atoms with van der Waals surface area (Å²) in [6, 6.07) is 10.6. The third-order valence-electron chi connectivity index (χ3n) is 3.48. The van der Waals surface area contributed by atoms with Crippen LogP contribution >= 0.6 is 0 Å². The molecule has 21 heavy (non-hydrogen) atoms. The predicted octanol–water partition coefficient (Wildman–Crippen LogP) is 3.29. The number of ether oxygens (including phenoxy) is 2. The molecule has 4 nitrogen and oxygen atoms in total. The Hall–Kier alpha value is -2.36. The molecule has 2 aromatic rings. The van der Waals surface area contributed by atoms with Gasteiger partial charge < -0.3 is 19.7 Å². The first-order chi connectivity index (χ1) is 10.1. The first kappa shape index (κ1) is 15.0. The van der Waals surface area contributed by atoms with Crippen molar-refractivity contribution in [2.75, 3.05) is 14.2 Å². The summed E-state index contributed by atoms with van der Waals surface area (Å²) in [4.78, 5) is 0. The predicted molar refractivity (Wildman–Crippen MR) is 81.3 cm³/mol. The highest BCUT2D eigenvalue weighted by Crippen LogP contribution is 2.27. The molecule has 0 aliphatic carbocycles. The van der Waals surface area contributed by atoms with Crippen molar-refractivity contribution in [1.29, 1.82) is 0 Å². The first-order valence-electron chi connectivity index (χ1n) is 6.86. The summed E-state index contributed by atoms with van der Waals surface area (Å²) in [5, 5.41) is 19.8. The van der Waals surface area contributed by atoms with E-state index in [0.29, 0.717) is 11.5 Å². The lowest BCUT2D eigenvalue weighted by Gasteiger charge is -2.08. The van der Waals surface area contributed by atoms with Gasteiger partial charge in [0.1, 0.15) is 23.0 Å². The number of phenols is 2. The molecule has 0 unspecified atom stereocenters. The maximum absolute atomic E-state index is 9.90. The topological polar surface area (TPSA) is 58.9 Å². The molecule has 0 saturated carbocycles. The van der Waals surface area contributed by atoms with Gasteiger partial charge in [0.05, 0.1) is 14.2 Å². The van der Waals surface area contributed by atoms with E-state index < -0.39 is 0 Å². The number of methoxy groups -OCH3 is 2. The highest BCUT2D eigenvalue weighted by atomic mass is 16.5. The number of hydrogen-bond donors (Lipinski definition) is 2. The third-order valence-corrected chi connectivity index (χ3v) is 3.48. The molecule has 0 aromatic heterocycles. The van der Waals surface area contributed by atoms with E-state index in [-0.39, 0.29) is 11.5 Å². The van der Waals surface area contributed by atoms with Gasteiger partial charge in [-0.3, -0.25) is 0 Å². The van der Waals surface area contributed by atoms with E-state index in [0.717, 1.165) is 30.4 Å². The Morgan fingerprint density at radius 3 is 1.52 bits per heavy atom. The quantitative estimate of drug-likeness (QED) is 0.856. The standard InChI is InChI=1S/C17H20O4/c1-20-14-8-6-12(16(18)10-14)4-3-5-13-7-9-15(21-2)11-17(13)19/h6-11,18-19H,3-5H2,1-2H3. The van der Waals surface area contributed by atoms with Crippen molar-refractivity contribution < 1.29 is 19.7 Å². The molecule has 0 heterocycles. The van der Waals surface area contributed by atoms with Crippen molar-refractivity contribution in [2.24, 2.45) is 0 Å². The second-order valence-electron chi connectivity index (χ2n) is 4.84. The molecule has 0 atom stereocenters. The van der Waals surface area contributed by atoms with Crippen molar-refractivity contribution in [2.45, 2.75) is 19.3 Å². The Kier molecular flexibility index (Phi) is 4.93. The number of hydrogen-bond acceptors (Lipinski definition) is 4. The Morgan fingerprint density at radius 2 is 1.19 bits per heavy atom. The van der Waals surface area contributed by atoms with E-state index in [4.69, 9.17) is 9.47 Å². The van der Waals surface area contributed by atoms with Crippen LogP contribution in [0.4, 0.5) is 0 Å². The minimum Gasteiger partial charge on any atom is -0.508 e. The van der Waals surface area contributed by atoms with Gasteiger partial charge in [-0.2, -0.15) is 0 Å². The summed E-state index contributed by atoms with van der Waals surface area (Å²) in [6.07, 6.45) is 2.31. The van der Waals surface area contributed by atoms with Gasteiger partial charge in [0.2, 0.25) is 0 Å². The van der Waals surface area contributed by atoms with E-state index in [2.05, 4.69) is 0 Å². The molecule has 0 spiro atoms. The van der Waals surface area contributed by atoms with Crippen LogP contribution in [0.15, 0.2) is 36.4 Å². The first-order valence-corrected chi connectivity index (χ1v) is 6.86. The van der Waals surface area contributed by atoms with Crippen LogP contribution in [-0.2, 0) is 12.8 Å². The largest absolute Gasteiger partial charge is 0.508 e. The molecule has 112 valence electrons. The van der Waals surface area contributed by atoms with Crippen molar-refractivity contribution in [3.05, 3.63) is 47.5 Å². The van der Waals surface area contributed by atoms with Gasteiger partial charge in [0.25, 0.3) is 0 Å². The summed E-state index contributed by atoms with van der Waals surface area (Å²) in [5.41, 5.74) is 1.76. The van der Waals surface area contributed by atoms with Gasteiger partial charge in [-0.05, 0) is 42.5 Å². The average molecular weight is 288 g/mol. The van der Waals surface area contributed by atoms with Gasteiger partial charge >= 0.3 is 0 Å². The molecule has 0 aliphatic heterocycles. The summed E-state index contributed by atoms with van der Waals surface area (Å²) in [5.74, 6) is 1.77. The van der Waals surface area contributed by atoms with Crippen LogP contribution in [0.5, 0.6) is 23.0 Å². The number of benzene rings is 2. The molecule has 0 bridgehead atoms. The van der Waals surface area contributed by atoms with Crippen LogP contribution in [0.1, 0.15) is 17.5 Å². The maximum atomic E-state index is 9.90. The second kappa shape index (κ2) is 6.88. The normalized spacial score (nSPS) is 10.4. The monoisotopic (exact) mass is 288 g/mol. The lowest BCUT2D eigenvalue weighted by Crippen LogP contribution is -1.93. The number of phenolic OH excluding ortho intramolecular Hbond substituents is 2. The fraction of sp³-hybridized carbons (Fsp3) is 0.294. The van der Waals surface area contributed by atoms with Gasteiger partial charge in [-0.25, -0.2) is 0 Å². The fourth-order valence-electron chi connectivity index (χ4n) is 2.23. The van der Waals surface area contributed by atoms with Crippen molar-refractivity contribution >= 4 is 0 Å². The molecular weight excluding hydrogens is 268 g/mol. The summed E-state index contributed by atoms with van der Waals surface area (Å²) >= 11 is 0. The molecule has 4 heteroatoms. The Morgan fingerprint density at radius 1 is 0.762 bits per heavy atom. The average Bonchev–Trinajstić information content (AvgIpc) is 2.50. The zero-order valence-corrected chi connectivity index (χ0v) is 12.3. The van der Waals surface area contributed by atoms with Crippen LogP contribution in [0.3, 0.4) is 0 Å². The Bertz CT molecular complexity index is 554. The van der Waals surface area contributed by atoms with E-state index in [1.54, 1.807) is 26.4 Å². The van der Waals surface area contributed by atoms with Crippen LogP contribution < -0.4 is 9.47 Å². The van der Waals surface area contributed by atoms with Crippen LogP contribution in [0.2, 0.25) is 0 Å². The second-order valence-corrected chi connectivity index (χ2v) is 4.84. The van der Waals surface area contributed by atoms with Crippen LogP contribution in [0, 0.1) is 0 Å². The SMILES string of the molecule is COc1ccc(CCCc2ccc(OC)cc2O)c(O)c1. The zero-order valence-electron chi connectivity index (χ0n) is 12.3. The molecule has 0 radical (unpaired) electrons.